The van der Waals surface area contributed by atoms with Gasteiger partial charge in [-0.05, 0) is 56.9 Å². The second-order valence-corrected chi connectivity index (χ2v) is 9.59. The lowest BCUT2D eigenvalue weighted by Crippen LogP contribution is -2.33. The topological polar surface area (TPSA) is 90.6 Å². The average Bonchev–Trinajstić information content (AvgIpc) is 3.66. The molecule has 7 nitrogen and oxygen atoms in total. The van der Waals surface area contributed by atoms with Crippen LogP contribution in [0.15, 0.2) is 48.7 Å². The zero-order valence-corrected chi connectivity index (χ0v) is 17.9. The molecule has 0 N–H and O–H groups in total. The molecule has 6 atom stereocenters. The van der Waals surface area contributed by atoms with Crippen LogP contribution in [-0.4, -0.2) is 53.0 Å². The zero-order valence-electron chi connectivity index (χ0n) is 17.9. The van der Waals surface area contributed by atoms with E-state index in [-0.39, 0.29) is 48.4 Å². The number of hydrogen-bond donors (Lipinski definition) is 0. The highest BCUT2D eigenvalue weighted by Gasteiger charge is 2.65. The van der Waals surface area contributed by atoms with E-state index in [1.165, 1.54) is 0 Å². The van der Waals surface area contributed by atoms with Crippen molar-refractivity contribution in [2.75, 3.05) is 6.61 Å². The Morgan fingerprint density at radius 2 is 2.12 bits per heavy atom. The van der Waals surface area contributed by atoms with Gasteiger partial charge in [-0.25, -0.2) is 9.59 Å². The molecule has 2 aromatic rings. The number of carbonyl (C=O) groups excluding carboxylic acids is 2. The Morgan fingerprint density at radius 3 is 3.00 bits per heavy atom. The number of ether oxygens (including phenoxy) is 4. The highest BCUT2D eigenvalue weighted by atomic mass is 16.7. The molecule has 0 bridgehead atoms. The fourth-order valence-corrected chi connectivity index (χ4v) is 5.40. The molecule has 3 saturated heterocycles. The van der Waals surface area contributed by atoms with Crippen molar-refractivity contribution in [3.63, 3.8) is 0 Å². The predicted octanol–water partition coefficient (Wildman–Crippen LogP) is 3.36. The van der Waals surface area contributed by atoms with E-state index >= 15 is 0 Å². The summed E-state index contributed by atoms with van der Waals surface area (Å²) in [5.74, 6) is -0.815. The fourth-order valence-electron chi connectivity index (χ4n) is 5.40. The molecule has 0 amide bonds. The van der Waals surface area contributed by atoms with E-state index in [0.29, 0.717) is 24.0 Å². The fraction of sp³-hybridized carbons (Fsp3) is 0.480. The lowest BCUT2D eigenvalue weighted by Gasteiger charge is -2.21. The van der Waals surface area contributed by atoms with Crippen molar-refractivity contribution in [1.82, 2.24) is 4.98 Å². The second kappa shape index (κ2) is 6.86. The highest BCUT2D eigenvalue weighted by Crippen LogP contribution is 2.54. The van der Waals surface area contributed by atoms with Gasteiger partial charge in [-0.1, -0.05) is 12.6 Å². The first-order chi connectivity index (χ1) is 15.4. The average molecular weight is 435 g/mol. The molecule has 1 aromatic carbocycles. The SMILES string of the molecule is C=C1C(=O)O[C@H]2[C@H]1CC[C@@]1(COC(=O)c3ccc4ncccc4c3)O[C@@H]1CC[C@@]1(C)O[C@@H]21. The predicted molar refractivity (Wildman–Crippen MR) is 114 cm³/mol. The quantitative estimate of drug-likeness (QED) is 0.415. The van der Waals surface area contributed by atoms with Crippen LogP contribution in [0, 0.1) is 5.92 Å². The van der Waals surface area contributed by atoms with Gasteiger partial charge >= 0.3 is 11.9 Å². The van der Waals surface area contributed by atoms with Crippen LogP contribution in [0.25, 0.3) is 10.9 Å². The van der Waals surface area contributed by atoms with Crippen LogP contribution >= 0.6 is 0 Å². The summed E-state index contributed by atoms with van der Waals surface area (Å²) in [6, 6.07) is 9.10. The number of fused-ring (bicyclic) bond motifs is 5. The van der Waals surface area contributed by atoms with Gasteiger partial charge < -0.3 is 18.9 Å². The van der Waals surface area contributed by atoms with Crippen molar-refractivity contribution in [2.45, 2.75) is 62.1 Å². The maximum Gasteiger partial charge on any atom is 0.338 e. The summed E-state index contributed by atoms with van der Waals surface area (Å²) in [7, 11) is 0. The number of hydrogen-bond acceptors (Lipinski definition) is 7. The molecule has 4 fully saturated rings. The van der Waals surface area contributed by atoms with E-state index < -0.39 is 5.60 Å². The van der Waals surface area contributed by atoms with Crippen LogP contribution in [0.1, 0.15) is 43.0 Å². The summed E-state index contributed by atoms with van der Waals surface area (Å²) in [5, 5.41) is 0.891. The highest BCUT2D eigenvalue weighted by molar-refractivity contribution is 5.94. The molecule has 0 radical (unpaired) electrons. The Hall–Kier alpha value is -2.77. The van der Waals surface area contributed by atoms with Crippen LogP contribution < -0.4 is 0 Å². The molecule has 4 heterocycles. The van der Waals surface area contributed by atoms with E-state index in [2.05, 4.69) is 18.5 Å². The third-order valence-corrected chi connectivity index (χ3v) is 7.56. The summed E-state index contributed by atoms with van der Waals surface area (Å²) < 4.78 is 23.4. The van der Waals surface area contributed by atoms with Crippen molar-refractivity contribution in [2.24, 2.45) is 5.92 Å². The molecular weight excluding hydrogens is 410 g/mol. The molecule has 6 rings (SSSR count). The summed E-state index contributed by atoms with van der Waals surface area (Å²) in [6.07, 6.45) is 4.35. The Morgan fingerprint density at radius 1 is 1.25 bits per heavy atom. The first kappa shape index (κ1) is 19.9. The maximum atomic E-state index is 12.8. The molecule has 7 heteroatoms. The van der Waals surface area contributed by atoms with Gasteiger partial charge in [0.05, 0.1) is 22.8 Å². The van der Waals surface area contributed by atoms with Crippen LogP contribution in [0.4, 0.5) is 0 Å². The van der Waals surface area contributed by atoms with Gasteiger partial charge in [0, 0.05) is 23.1 Å². The zero-order chi connectivity index (χ0) is 22.1. The number of nitrogens with zero attached hydrogens (tertiary/aromatic N) is 1. The minimum Gasteiger partial charge on any atom is -0.459 e. The van der Waals surface area contributed by atoms with Gasteiger partial charge in [0.15, 0.2) is 0 Å². The van der Waals surface area contributed by atoms with Crippen molar-refractivity contribution in [1.29, 1.82) is 0 Å². The number of epoxide rings is 2. The second-order valence-electron chi connectivity index (χ2n) is 9.59. The number of pyridine rings is 1. The number of rotatable bonds is 3. The Labute approximate surface area is 185 Å². The Bertz CT molecular complexity index is 1150. The molecule has 3 aliphatic heterocycles. The summed E-state index contributed by atoms with van der Waals surface area (Å²) in [4.78, 5) is 29.2. The lowest BCUT2D eigenvalue weighted by molar-refractivity contribution is -0.140. The van der Waals surface area contributed by atoms with E-state index in [1.54, 1.807) is 18.3 Å². The standard InChI is InChI=1S/C25H25NO6/c1-14-17-7-10-25(13-29-23(28)16-5-6-18-15(12-16)4-3-11-26-18)19(31-25)8-9-24(2)21(32-24)20(17)30-22(14)27/h3-6,11-12,17,19-21H,1,7-10,13H2,2H3/t17-,19+,20-,21-,24+,25-/m0/s1. The van der Waals surface area contributed by atoms with E-state index in [9.17, 15) is 9.59 Å². The molecular formula is C25H25NO6. The van der Waals surface area contributed by atoms with Crippen molar-refractivity contribution >= 4 is 22.8 Å². The minimum absolute atomic E-state index is 0.0145. The first-order valence-electron chi connectivity index (χ1n) is 11.2. The van der Waals surface area contributed by atoms with Gasteiger partial charge in [0.25, 0.3) is 0 Å². The van der Waals surface area contributed by atoms with Crippen molar-refractivity contribution in [3.8, 4) is 0 Å². The number of aromatic nitrogens is 1. The monoisotopic (exact) mass is 435 g/mol. The molecule has 1 aliphatic carbocycles. The van der Waals surface area contributed by atoms with Gasteiger partial charge in [-0.2, -0.15) is 0 Å². The Kier molecular flexibility index (Phi) is 4.26. The van der Waals surface area contributed by atoms with Crippen molar-refractivity contribution in [3.05, 3.63) is 54.2 Å². The molecule has 166 valence electrons. The van der Waals surface area contributed by atoms with Gasteiger partial charge in [0.2, 0.25) is 0 Å². The molecule has 1 aromatic heterocycles. The van der Waals surface area contributed by atoms with Crippen LogP contribution in [0.3, 0.4) is 0 Å². The van der Waals surface area contributed by atoms with Gasteiger partial charge in [-0.15, -0.1) is 0 Å². The molecule has 4 aliphatic rings. The van der Waals surface area contributed by atoms with Crippen molar-refractivity contribution < 1.29 is 28.5 Å². The van der Waals surface area contributed by atoms with Crippen LogP contribution in [0.2, 0.25) is 0 Å². The van der Waals surface area contributed by atoms with Gasteiger partial charge in [0.1, 0.15) is 24.4 Å². The molecule has 0 spiro atoms. The summed E-state index contributed by atoms with van der Waals surface area (Å²) in [6.45, 7) is 6.20. The first-order valence-corrected chi connectivity index (χ1v) is 11.2. The molecule has 32 heavy (non-hydrogen) atoms. The number of carbonyl (C=O) groups is 2. The normalized spacial score (nSPS) is 37.7. The third-order valence-electron chi connectivity index (χ3n) is 7.56. The number of esters is 2. The Balaban J connectivity index is 1.17. The largest absolute Gasteiger partial charge is 0.459 e. The van der Waals surface area contributed by atoms with E-state index in [1.807, 2.05) is 18.2 Å². The minimum atomic E-state index is -0.525. The summed E-state index contributed by atoms with van der Waals surface area (Å²) in [5.41, 5.74) is 0.991. The molecule has 1 saturated carbocycles. The third kappa shape index (κ3) is 3.14. The van der Waals surface area contributed by atoms with E-state index in [0.717, 1.165) is 23.7 Å². The van der Waals surface area contributed by atoms with Crippen LogP contribution in [0.5, 0.6) is 0 Å². The lowest BCUT2D eigenvalue weighted by atomic mass is 9.81. The maximum absolute atomic E-state index is 12.8. The molecule has 0 unspecified atom stereocenters. The number of benzene rings is 1. The smallest absolute Gasteiger partial charge is 0.338 e. The summed E-state index contributed by atoms with van der Waals surface area (Å²) >= 11 is 0. The van der Waals surface area contributed by atoms with E-state index in [4.69, 9.17) is 18.9 Å². The van der Waals surface area contributed by atoms with Gasteiger partial charge in [-0.3, -0.25) is 4.98 Å². The van der Waals surface area contributed by atoms with Crippen LogP contribution in [-0.2, 0) is 23.7 Å².